The summed E-state index contributed by atoms with van der Waals surface area (Å²) in [4.78, 5) is 21.5. The van der Waals surface area contributed by atoms with Gasteiger partial charge in [0.25, 0.3) is 0 Å². The van der Waals surface area contributed by atoms with Crippen molar-refractivity contribution in [2.24, 2.45) is 0 Å². The van der Waals surface area contributed by atoms with Crippen molar-refractivity contribution in [3.05, 3.63) is 38.8 Å². The monoisotopic (exact) mass is 277 g/mol. The highest BCUT2D eigenvalue weighted by atomic mass is 32.1. The van der Waals surface area contributed by atoms with Crippen LogP contribution in [0.4, 0.5) is 5.95 Å². The Labute approximate surface area is 115 Å². The van der Waals surface area contributed by atoms with Crippen LogP contribution in [0.5, 0.6) is 0 Å². The second-order valence-electron chi connectivity index (χ2n) is 4.30. The van der Waals surface area contributed by atoms with E-state index in [1.165, 1.54) is 21.5 Å². The summed E-state index contributed by atoms with van der Waals surface area (Å²) in [6.45, 7) is 6.48. The van der Waals surface area contributed by atoms with Crippen molar-refractivity contribution >= 4 is 23.3 Å². The number of hydrogen-bond acceptors (Lipinski definition) is 5. The van der Waals surface area contributed by atoms with Crippen LogP contribution in [0.25, 0.3) is 0 Å². The molecular formula is C13H15N3O2S. The Morgan fingerprint density at radius 2 is 2.16 bits per heavy atom. The fourth-order valence-electron chi connectivity index (χ4n) is 1.67. The average Bonchev–Trinajstić information content (AvgIpc) is 2.66. The lowest BCUT2D eigenvalue weighted by molar-refractivity contribution is 0.0695. The van der Waals surface area contributed by atoms with E-state index in [0.29, 0.717) is 18.2 Å². The number of nitrogens with one attached hydrogen (secondary N) is 1. The second-order valence-corrected chi connectivity index (χ2v) is 5.64. The van der Waals surface area contributed by atoms with Gasteiger partial charge in [0.1, 0.15) is 0 Å². The number of carbonyl (C=O) groups is 1. The lowest BCUT2D eigenvalue weighted by Crippen LogP contribution is -2.08. The van der Waals surface area contributed by atoms with E-state index in [1.54, 1.807) is 18.3 Å². The van der Waals surface area contributed by atoms with Crippen LogP contribution in [-0.2, 0) is 6.54 Å². The number of aromatic carboxylic acids is 1. The van der Waals surface area contributed by atoms with Crippen molar-refractivity contribution in [3.8, 4) is 0 Å². The Morgan fingerprint density at radius 1 is 1.42 bits per heavy atom. The number of aryl methyl sites for hydroxylation is 3. The number of carboxylic acids is 1. The minimum Gasteiger partial charge on any atom is -0.478 e. The maximum atomic E-state index is 10.9. The van der Waals surface area contributed by atoms with Crippen LogP contribution in [0.15, 0.2) is 12.3 Å². The molecule has 0 aliphatic carbocycles. The van der Waals surface area contributed by atoms with Crippen LogP contribution in [0.1, 0.15) is 31.4 Å². The Hall–Kier alpha value is -1.95. The molecule has 2 aromatic heterocycles. The summed E-state index contributed by atoms with van der Waals surface area (Å²) in [5.41, 5.74) is 1.87. The normalized spacial score (nSPS) is 10.5. The molecule has 0 bridgehead atoms. The molecule has 0 spiro atoms. The van der Waals surface area contributed by atoms with Gasteiger partial charge in [-0.3, -0.25) is 0 Å². The Bertz CT molecular complexity index is 603. The van der Waals surface area contributed by atoms with E-state index < -0.39 is 5.97 Å². The molecule has 0 radical (unpaired) electrons. The summed E-state index contributed by atoms with van der Waals surface area (Å²) in [6, 6.07) is 2.13. The average molecular weight is 277 g/mol. The molecule has 0 aliphatic rings. The molecule has 19 heavy (non-hydrogen) atoms. The molecule has 2 rings (SSSR count). The zero-order valence-corrected chi connectivity index (χ0v) is 11.8. The summed E-state index contributed by atoms with van der Waals surface area (Å²) in [6.07, 6.45) is 1.33. The van der Waals surface area contributed by atoms with Gasteiger partial charge < -0.3 is 10.4 Å². The Balaban J connectivity index is 2.08. The van der Waals surface area contributed by atoms with Crippen LogP contribution >= 0.6 is 11.3 Å². The van der Waals surface area contributed by atoms with Gasteiger partial charge in [0.2, 0.25) is 5.95 Å². The number of rotatable bonds is 4. The van der Waals surface area contributed by atoms with E-state index in [4.69, 9.17) is 5.11 Å². The molecule has 6 heteroatoms. The molecule has 0 aromatic carbocycles. The third-order valence-electron chi connectivity index (χ3n) is 2.85. The number of aromatic nitrogens is 2. The van der Waals surface area contributed by atoms with Crippen LogP contribution in [0, 0.1) is 20.8 Å². The minimum atomic E-state index is -1.01. The molecule has 0 aliphatic heterocycles. The SMILES string of the molecule is Cc1cc(CNc2ncc(C(=O)O)c(C)n2)sc1C. The highest BCUT2D eigenvalue weighted by Crippen LogP contribution is 2.21. The van der Waals surface area contributed by atoms with Gasteiger partial charge in [-0.2, -0.15) is 0 Å². The van der Waals surface area contributed by atoms with Gasteiger partial charge in [0.05, 0.1) is 17.8 Å². The zero-order valence-electron chi connectivity index (χ0n) is 11.0. The molecule has 0 saturated carbocycles. The summed E-state index contributed by atoms with van der Waals surface area (Å²) in [7, 11) is 0. The number of nitrogens with zero attached hydrogens (tertiary/aromatic N) is 2. The minimum absolute atomic E-state index is 0.133. The quantitative estimate of drug-likeness (QED) is 0.898. The lowest BCUT2D eigenvalue weighted by atomic mass is 10.2. The van der Waals surface area contributed by atoms with E-state index in [-0.39, 0.29) is 5.56 Å². The van der Waals surface area contributed by atoms with Crippen LogP contribution < -0.4 is 5.32 Å². The molecule has 0 saturated heterocycles. The van der Waals surface area contributed by atoms with Crippen LogP contribution in [0.2, 0.25) is 0 Å². The lowest BCUT2D eigenvalue weighted by Gasteiger charge is -2.05. The summed E-state index contributed by atoms with van der Waals surface area (Å²) >= 11 is 1.73. The maximum Gasteiger partial charge on any atom is 0.339 e. The van der Waals surface area contributed by atoms with Gasteiger partial charge in [0.15, 0.2) is 0 Å². The second kappa shape index (κ2) is 5.36. The highest BCUT2D eigenvalue weighted by Gasteiger charge is 2.10. The van der Waals surface area contributed by atoms with E-state index >= 15 is 0 Å². The van der Waals surface area contributed by atoms with Gasteiger partial charge in [-0.15, -0.1) is 11.3 Å². The van der Waals surface area contributed by atoms with E-state index in [0.717, 1.165) is 0 Å². The number of thiophene rings is 1. The molecule has 0 atom stereocenters. The number of hydrogen-bond donors (Lipinski definition) is 2. The van der Waals surface area contributed by atoms with Crippen molar-refractivity contribution in [2.75, 3.05) is 5.32 Å². The number of carboxylic acid groups (broad SMARTS) is 1. The van der Waals surface area contributed by atoms with E-state index in [2.05, 4.69) is 35.2 Å². The van der Waals surface area contributed by atoms with E-state index in [9.17, 15) is 4.79 Å². The predicted octanol–water partition coefficient (Wildman–Crippen LogP) is 2.77. The van der Waals surface area contributed by atoms with Crippen molar-refractivity contribution < 1.29 is 9.90 Å². The largest absolute Gasteiger partial charge is 0.478 e. The first-order valence-corrected chi connectivity index (χ1v) is 6.65. The van der Waals surface area contributed by atoms with Crippen molar-refractivity contribution in [3.63, 3.8) is 0 Å². The first-order chi connectivity index (χ1) is 8.97. The molecule has 2 aromatic rings. The fourth-order valence-corrected chi connectivity index (χ4v) is 2.66. The first kappa shape index (κ1) is 13.5. The maximum absolute atomic E-state index is 10.9. The standard InChI is InChI=1S/C13H15N3O2S/c1-7-4-10(19-9(7)3)5-14-13-15-6-11(12(17)18)8(2)16-13/h4,6H,5H2,1-3H3,(H,17,18)(H,14,15,16). The molecule has 0 amide bonds. The Kier molecular flexibility index (Phi) is 3.80. The molecule has 0 fully saturated rings. The summed E-state index contributed by atoms with van der Waals surface area (Å²) < 4.78 is 0. The van der Waals surface area contributed by atoms with Crippen molar-refractivity contribution in [2.45, 2.75) is 27.3 Å². The van der Waals surface area contributed by atoms with Gasteiger partial charge in [0, 0.05) is 16.0 Å². The third kappa shape index (κ3) is 3.08. The highest BCUT2D eigenvalue weighted by molar-refractivity contribution is 7.12. The molecule has 2 N–H and O–H groups in total. The van der Waals surface area contributed by atoms with E-state index in [1.807, 2.05) is 0 Å². The van der Waals surface area contributed by atoms with Gasteiger partial charge >= 0.3 is 5.97 Å². The van der Waals surface area contributed by atoms with Crippen molar-refractivity contribution in [1.29, 1.82) is 0 Å². The van der Waals surface area contributed by atoms with Crippen LogP contribution in [-0.4, -0.2) is 21.0 Å². The third-order valence-corrected chi connectivity index (χ3v) is 4.00. The van der Waals surface area contributed by atoms with Gasteiger partial charge in [-0.05, 0) is 32.4 Å². The first-order valence-electron chi connectivity index (χ1n) is 5.84. The topological polar surface area (TPSA) is 75.1 Å². The smallest absolute Gasteiger partial charge is 0.339 e. The summed E-state index contributed by atoms with van der Waals surface area (Å²) in [5.74, 6) is -0.556. The van der Waals surface area contributed by atoms with Crippen molar-refractivity contribution in [1.82, 2.24) is 9.97 Å². The predicted molar refractivity (Wildman–Crippen MR) is 74.8 cm³/mol. The fraction of sp³-hybridized carbons (Fsp3) is 0.308. The molecular weight excluding hydrogens is 262 g/mol. The molecule has 0 unspecified atom stereocenters. The zero-order chi connectivity index (χ0) is 14.0. The Morgan fingerprint density at radius 3 is 2.68 bits per heavy atom. The van der Waals surface area contributed by atoms with Gasteiger partial charge in [-0.1, -0.05) is 0 Å². The van der Waals surface area contributed by atoms with Crippen LogP contribution in [0.3, 0.4) is 0 Å². The summed E-state index contributed by atoms with van der Waals surface area (Å²) in [5, 5.41) is 12.0. The molecule has 2 heterocycles. The molecule has 100 valence electrons. The number of anilines is 1. The van der Waals surface area contributed by atoms with Gasteiger partial charge in [-0.25, -0.2) is 14.8 Å². The molecule has 5 nitrogen and oxygen atoms in total.